The first kappa shape index (κ1) is 16.7. The number of aromatic nitrogens is 1. The van der Waals surface area contributed by atoms with Crippen molar-refractivity contribution in [1.29, 1.82) is 0 Å². The number of aryl methyl sites for hydroxylation is 3. The molecule has 0 aliphatic carbocycles. The molecule has 0 unspecified atom stereocenters. The number of rotatable bonds is 5. The minimum Gasteiger partial charge on any atom is -0.360 e. The molecule has 0 saturated carbocycles. The van der Waals surface area contributed by atoms with Gasteiger partial charge in [0.15, 0.2) is 5.82 Å². The Morgan fingerprint density at radius 3 is 2.61 bits per heavy atom. The van der Waals surface area contributed by atoms with Crippen molar-refractivity contribution in [2.24, 2.45) is 0 Å². The molecular formula is C17H21N3O3. The van der Waals surface area contributed by atoms with Crippen LogP contribution in [0.15, 0.2) is 28.8 Å². The zero-order valence-electron chi connectivity index (χ0n) is 13.8. The van der Waals surface area contributed by atoms with Gasteiger partial charge in [0.1, 0.15) is 12.3 Å². The van der Waals surface area contributed by atoms with E-state index in [0.717, 1.165) is 23.2 Å². The van der Waals surface area contributed by atoms with Gasteiger partial charge in [-0.15, -0.1) is 0 Å². The van der Waals surface area contributed by atoms with Gasteiger partial charge >= 0.3 is 0 Å². The fourth-order valence-corrected chi connectivity index (χ4v) is 2.49. The first-order valence-electron chi connectivity index (χ1n) is 7.52. The number of anilines is 2. The molecule has 6 heteroatoms. The van der Waals surface area contributed by atoms with E-state index >= 15 is 0 Å². The van der Waals surface area contributed by atoms with Gasteiger partial charge in [-0.3, -0.25) is 9.59 Å². The van der Waals surface area contributed by atoms with Crippen molar-refractivity contribution in [2.45, 2.75) is 34.1 Å². The lowest BCUT2D eigenvalue weighted by Gasteiger charge is -2.25. The highest BCUT2D eigenvalue weighted by Gasteiger charge is 2.20. The van der Waals surface area contributed by atoms with Gasteiger partial charge in [-0.05, 0) is 31.4 Å². The molecule has 2 amide bonds. The molecule has 1 aromatic carbocycles. The Labute approximate surface area is 135 Å². The lowest BCUT2D eigenvalue weighted by atomic mass is 10.0. The molecule has 1 aromatic heterocycles. The Morgan fingerprint density at radius 1 is 1.30 bits per heavy atom. The summed E-state index contributed by atoms with van der Waals surface area (Å²) in [7, 11) is 0. The molecule has 1 heterocycles. The van der Waals surface area contributed by atoms with Gasteiger partial charge in [-0.25, -0.2) is 0 Å². The fraction of sp³-hybridized carbons (Fsp3) is 0.353. The summed E-state index contributed by atoms with van der Waals surface area (Å²) >= 11 is 0. The number of hydrogen-bond donors (Lipinski definition) is 1. The van der Waals surface area contributed by atoms with Crippen LogP contribution < -0.4 is 10.2 Å². The molecule has 2 aromatic rings. The second-order valence-corrected chi connectivity index (χ2v) is 5.41. The molecule has 0 radical (unpaired) electrons. The second kappa shape index (κ2) is 7.09. The molecule has 1 N–H and O–H groups in total. The fourth-order valence-electron chi connectivity index (χ4n) is 2.49. The normalized spacial score (nSPS) is 10.4. The van der Waals surface area contributed by atoms with Crippen LogP contribution >= 0.6 is 0 Å². The zero-order valence-corrected chi connectivity index (χ0v) is 13.8. The minimum absolute atomic E-state index is 0.0703. The van der Waals surface area contributed by atoms with E-state index in [4.69, 9.17) is 4.52 Å². The minimum atomic E-state index is -0.321. The van der Waals surface area contributed by atoms with Crippen LogP contribution in [0.3, 0.4) is 0 Å². The standard InChI is InChI=1S/C17H21N3O3/c1-5-14-8-6-7-11(2)17(14)20(13(4)21)10-16(22)18-15-9-12(3)23-19-15/h6-9H,5,10H2,1-4H3,(H,18,19,22). The third-order valence-corrected chi connectivity index (χ3v) is 3.55. The van der Waals surface area contributed by atoms with Crippen LogP contribution in [-0.2, 0) is 16.0 Å². The highest BCUT2D eigenvalue weighted by atomic mass is 16.5. The van der Waals surface area contributed by atoms with Gasteiger partial charge in [0.25, 0.3) is 0 Å². The van der Waals surface area contributed by atoms with Gasteiger partial charge in [-0.2, -0.15) is 0 Å². The number of benzene rings is 1. The maximum absolute atomic E-state index is 12.2. The van der Waals surface area contributed by atoms with Gasteiger partial charge in [-0.1, -0.05) is 30.3 Å². The quantitative estimate of drug-likeness (QED) is 0.920. The van der Waals surface area contributed by atoms with Crippen molar-refractivity contribution in [3.8, 4) is 0 Å². The Kier molecular flexibility index (Phi) is 5.16. The number of amides is 2. The number of carbonyl (C=O) groups is 2. The van der Waals surface area contributed by atoms with Crippen molar-refractivity contribution in [1.82, 2.24) is 5.16 Å². The molecule has 6 nitrogen and oxygen atoms in total. The molecule has 122 valence electrons. The summed E-state index contributed by atoms with van der Waals surface area (Å²) in [5, 5.41) is 6.36. The third kappa shape index (κ3) is 3.97. The lowest BCUT2D eigenvalue weighted by Crippen LogP contribution is -2.37. The van der Waals surface area contributed by atoms with Crippen molar-refractivity contribution in [3.05, 3.63) is 41.2 Å². The number of para-hydroxylation sites is 1. The summed E-state index contributed by atoms with van der Waals surface area (Å²) in [5.41, 5.74) is 2.80. The van der Waals surface area contributed by atoms with E-state index in [1.165, 1.54) is 11.8 Å². The van der Waals surface area contributed by atoms with E-state index in [0.29, 0.717) is 11.6 Å². The van der Waals surface area contributed by atoms with Crippen LogP contribution in [0.2, 0.25) is 0 Å². The molecule has 0 fully saturated rings. The van der Waals surface area contributed by atoms with Gasteiger partial charge in [0.2, 0.25) is 11.8 Å². The molecule has 2 rings (SSSR count). The first-order chi connectivity index (χ1) is 10.9. The van der Waals surface area contributed by atoms with Crippen LogP contribution in [0.25, 0.3) is 0 Å². The van der Waals surface area contributed by atoms with Gasteiger partial charge in [0.05, 0.1) is 5.69 Å². The van der Waals surface area contributed by atoms with Crippen molar-refractivity contribution < 1.29 is 14.1 Å². The van der Waals surface area contributed by atoms with Crippen LogP contribution in [0.1, 0.15) is 30.7 Å². The molecular weight excluding hydrogens is 294 g/mol. The summed E-state index contributed by atoms with van der Waals surface area (Å²) < 4.78 is 4.91. The topological polar surface area (TPSA) is 75.4 Å². The Balaban J connectivity index is 2.23. The summed E-state index contributed by atoms with van der Waals surface area (Å²) in [5.74, 6) is 0.451. The zero-order chi connectivity index (χ0) is 17.0. The molecule has 0 aliphatic heterocycles. The molecule has 23 heavy (non-hydrogen) atoms. The molecule has 0 atom stereocenters. The van der Waals surface area contributed by atoms with E-state index in [1.807, 2.05) is 32.0 Å². The average molecular weight is 315 g/mol. The average Bonchev–Trinajstić information content (AvgIpc) is 2.89. The van der Waals surface area contributed by atoms with Crippen LogP contribution in [0.4, 0.5) is 11.5 Å². The van der Waals surface area contributed by atoms with E-state index in [2.05, 4.69) is 10.5 Å². The number of nitrogens with zero attached hydrogens (tertiary/aromatic N) is 2. The number of nitrogens with one attached hydrogen (secondary N) is 1. The van der Waals surface area contributed by atoms with Gasteiger partial charge < -0.3 is 14.7 Å². The molecule has 0 bridgehead atoms. The highest BCUT2D eigenvalue weighted by molar-refractivity contribution is 6.02. The summed E-state index contributed by atoms with van der Waals surface area (Å²) in [6.45, 7) is 7.09. The molecule has 0 saturated heterocycles. The van der Waals surface area contributed by atoms with Crippen molar-refractivity contribution in [2.75, 3.05) is 16.8 Å². The third-order valence-electron chi connectivity index (χ3n) is 3.55. The summed E-state index contributed by atoms with van der Waals surface area (Å²) in [6, 6.07) is 7.48. The van der Waals surface area contributed by atoms with Crippen molar-refractivity contribution in [3.63, 3.8) is 0 Å². The maximum Gasteiger partial charge on any atom is 0.245 e. The largest absolute Gasteiger partial charge is 0.360 e. The number of hydrogen-bond acceptors (Lipinski definition) is 4. The van der Waals surface area contributed by atoms with E-state index in [-0.39, 0.29) is 18.4 Å². The summed E-state index contributed by atoms with van der Waals surface area (Å²) in [6.07, 6.45) is 0.783. The van der Waals surface area contributed by atoms with E-state index < -0.39 is 0 Å². The Morgan fingerprint density at radius 2 is 2.04 bits per heavy atom. The van der Waals surface area contributed by atoms with Gasteiger partial charge in [0, 0.05) is 13.0 Å². The molecule has 0 spiro atoms. The van der Waals surface area contributed by atoms with Crippen molar-refractivity contribution >= 4 is 23.3 Å². The second-order valence-electron chi connectivity index (χ2n) is 5.41. The first-order valence-corrected chi connectivity index (χ1v) is 7.52. The highest BCUT2D eigenvalue weighted by Crippen LogP contribution is 2.26. The lowest BCUT2D eigenvalue weighted by molar-refractivity contribution is -0.120. The Bertz CT molecular complexity index is 722. The predicted octanol–water partition coefficient (Wildman–Crippen LogP) is 2.85. The number of carbonyl (C=O) groups excluding carboxylic acids is 2. The smallest absolute Gasteiger partial charge is 0.245 e. The van der Waals surface area contributed by atoms with E-state index in [1.54, 1.807) is 13.0 Å². The van der Waals surface area contributed by atoms with Crippen LogP contribution in [0, 0.1) is 13.8 Å². The van der Waals surface area contributed by atoms with E-state index in [9.17, 15) is 9.59 Å². The molecule has 0 aliphatic rings. The Hall–Kier alpha value is -2.63. The van der Waals surface area contributed by atoms with Crippen LogP contribution in [0.5, 0.6) is 0 Å². The monoisotopic (exact) mass is 315 g/mol. The maximum atomic E-state index is 12.2. The SMILES string of the molecule is CCc1cccc(C)c1N(CC(=O)Nc1cc(C)on1)C(C)=O. The summed E-state index contributed by atoms with van der Waals surface area (Å²) in [4.78, 5) is 25.8. The van der Waals surface area contributed by atoms with Crippen LogP contribution in [-0.4, -0.2) is 23.5 Å². The predicted molar refractivity (Wildman–Crippen MR) is 88.5 cm³/mol.